The van der Waals surface area contributed by atoms with Crippen LogP contribution in [0.1, 0.15) is 24.0 Å². The van der Waals surface area contributed by atoms with Crippen molar-refractivity contribution in [1.82, 2.24) is 4.90 Å². The van der Waals surface area contributed by atoms with Gasteiger partial charge in [0.1, 0.15) is 0 Å². The van der Waals surface area contributed by atoms with Crippen molar-refractivity contribution in [2.75, 3.05) is 0 Å². The summed E-state index contributed by atoms with van der Waals surface area (Å²) in [5, 5.41) is 0. The van der Waals surface area contributed by atoms with Crippen molar-refractivity contribution < 1.29 is 22.8 Å². The van der Waals surface area contributed by atoms with Crippen LogP contribution < -0.4 is 0 Å². The molecule has 2 atom stereocenters. The number of nitrogens with zero attached hydrogens (tertiary/aromatic N) is 1. The maximum atomic E-state index is 12.7. The van der Waals surface area contributed by atoms with Crippen molar-refractivity contribution in [1.29, 1.82) is 0 Å². The summed E-state index contributed by atoms with van der Waals surface area (Å²) in [7, 11) is 0. The molecule has 0 N–H and O–H groups in total. The Kier molecular flexibility index (Phi) is 3.54. The molecular weight excluding hydrogens is 295 g/mol. The Bertz CT molecular complexity index is 625. The Balaban J connectivity index is 1.82. The first-order valence-corrected chi connectivity index (χ1v) is 7.04. The van der Waals surface area contributed by atoms with Crippen molar-refractivity contribution in [3.8, 4) is 0 Å². The second kappa shape index (κ2) is 5.26. The highest BCUT2D eigenvalue weighted by molar-refractivity contribution is 6.05. The van der Waals surface area contributed by atoms with E-state index in [1.54, 1.807) is 0 Å². The number of fused-ring (bicyclic) bond motifs is 1. The third kappa shape index (κ3) is 2.53. The number of halogens is 3. The largest absolute Gasteiger partial charge is 0.416 e. The van der Waals surface area contributed by atoms with Crippen LogP contribution in [-0.2, 0) is 22.3 Å². The van der Waals surface area contributed by atoms with Crippen LogP contribution in [0.5, 0.6) is 0 Å². The first-order chi connectivity index (χ1) is 10.4. The maximum Gasteiger partial charge on any atom is 0.416 e. The fourth-order valence-corrected chi connectivity index (χ4v) is 3.05. The minimum absolute atomic E-state index is 0.103. The Morgan fingerprint density at radius 1 is 1.05 bits per heavy atom. The van der Waals surface area contributed by atoms with Crippen molar-refractivity contribution in [3.05, 3.63) is 47.5 Å². The molecule has 3 nitrogen and oxygen atoms in total. The predicted octanol–water partition coefficient (Wildman–Crippen LogP) is 3.16. The number of rotatable bonds is 2. The van der Waals surface area contributed by atoms with Gasteiger partial charge in [-0.3, -0.25) is 14.5 Å². The molecule has 0 spiro atoms. The van der Waals surface area contributed by atoms with Gasteiger partial charge in [-0.25, -0.2) is 0 Å². The van der Waals surface area contributed by atoms with Crippen LogP contribution in [0.3, 0.4) is 0 Å². The number of allylic oxidation sites excluding steroid dienone is 2. The van der Waals surface area contributed by atoms with Crippen molar-refractivity contribution in [2.45, 2.75) is 25.6 Å². The molecule has 1 aliphatic heterocycles. The normalized spacial score (nSPS) is 24.8. The molecule has 2 aliphatic rings. The second-order valence-corrected chi connectivity index (χ2v) is 5.62. The number of hydrogen-bond donors (Lipinski definition) is 0. The average molecular weight is 309 g/mol. The molecule has 3 rings (SSSR count). The Hall–Kier alpha value is -2.11. The van der Waals surface area contributed by atoms with Gasteiger partial charge in [-0.15, -0.1) is 0 Å². The molecule has 1 aromatic carbocycles. The van der Waals surface area contributed by atoms with Gasteiger partial charge in [-0.1, -0.05) is 24.3 Å². The number of carbonyl (C=O) groups is 2. The summed E-state index contributed by atoms with van der Waals surface area (Å²) in [6.45, 7) is -0.103. The van der Waals surface area contributed by atoms with Crippen molar-refractivity contribution in [2.24, 2.45) is 11.8 Å². The third-order valence-corrected chi connectivity index (χ3v) is 4.19. The van der Waals surface area contributed by atoms with Gasteiger partial charge in [0.15, 0.2) is 0 Å². The average Bonchev–Trinajstić information content (AvgIpc) is 2.72. The van der Waals surface area contributed by atoms with E-state index in [2.05, 4.69) is 0 Å². The molecular formula is C16H14F3NO2. The van der Waals surface area contributed by atoms with Gasteiger partial charge >= 0.3 is 6.18 Å². The van der Waals surface area contributed by atoms with Gasteiger partial charge in [-0.05, 0) is 30.5 Å². The van der Waals surface area contributed by atoms with E-state index in [1.165, 1.54) is 12.1 Å². The van der Waals surface area contributed by atoms with E-state index in [9.17, 15) is 22.8 Å². The molecule has 6 heteroatoms. The highest BCUT2D eigenvalue weighted by atomic mass is 19.4. The van der Waals surface area contributed by atoms with Crippen LogP contribution in [0.15, 0.2) is 36.4 Å². The predicted molar refractivity (Wildman–Crippen MR) is 72.4 cm³/mol. The molecule has 0 radical (unpaired) electrons. The number of amides is 2. The molecule has 1 fully saturated rings. The number of hydrogen-bond acceptors (Lipinski definition) is 2. The van der Waals surface area contributed by atoms with Gasteiger partial charge in [-0.2, -0.15) is 13.2 Å². The fraction of sp³-hybridized carbons (Fsp3) is 0.375. The van der Waals surface area contributed by atoms with Crippen LogP contribution in [-0.4, -0.2) is 16.7 Å². The lowest BCUT2D eigenvalue weighted by atomic mass is 9.85. The van der Waals surface area contributed by atoms with Gasteiger partial charge in [0.25, 0.3) is 0 Å². The summed E-state index contributed by atoms with van der Waals surface area (Å²) in [6.07, 6.45) is 0.357. The second-order valence-electron chi connectivity index (χ2n) is 5.62. The summed E-state index contributed by atoms with van der Waals surface area (Å²) in [6, 6.07) is 4.75. The van der Waals surface area contributed by atoms with Gasteiger partial charge in [0.2, 0.25) is 11.8 Å². The third-order valence-electron chi connectivity index (χ3n) is 4.19. The molecule has 1 aliphatic carbocycles. The Morgan fingerprint density at radius 3 is 2.18 bits per heavy atom. The van der Waals surface area contributed by atoms with E-state index in [0.717, 1.165) is 17.0 Å². The lowest BCUT2D eigenvalue weighted by molar-refractivity contribution is -0.140. The molecule has 1 aromatic rings. The maximum absolute atomic E-state index is 12.7. The molecule has 1 heterocycles. The summed E-state index contributed by atoms with van der Waals surface area (Å²) in [4.78, 5) is 25.7. The van der Waals surface area contributed by atoms with Crippen LogP contribution >= 0.6 is 0 Å². The smallest absolute Gasteiger partial charge is 0.278 e. The zero-order valence-electron chi connectivity index (χ0n) is 11.6. The standard InChI is InChI=1S/C16H14F3NO2/c17-16(18,19)11-5-3-4-10(8-11)9-20-14(21)12-6-1-2-7-13(12)15(20)22/h1-5,8,12-13H,6-7,9H2. The summed E-state index contributed by atoms with van der Waals surface area (Å²) < 4.78 is 38.2. The number of imide groups is 1. The molecule has 2 amide bonds. The van der Waals surface area contributed by atoms with Gasteiger partial charge in [0.05, 0.1) is 23.9 Å². The minimum atomic E-state index is -4.44. The molecule has 2 unspecified atom stereocenters. The number of benzene rings is 1. The molecule has 0 saturated carbocycles. The first-order valence-electron chi connectivity index (χ1n) is 7.04. The monoisotopic (exact) mass is 309 g/mol. The molecule has 116 valence electrons. The topological polar surface area (TPSA) is 37.4 Å². The molecule has 0 aromatic heterocycles. The van der Waals surface area contributed by atoms with E-state index in [-0.39, 0.29) is 30.2 Å². The number of alkyl halides is 3. The molecule has 22 heavy (non-hydrogen) atoms. The highest BCUT2D eigenvalue weighted by Crippen LogP contribution is 2.36. The van der Waals surface area contributed by atoms with E-state index in [1.807, 2.05) is 12.2 Å². The van der Waals surface area contributed by atoms with Crippen LogP contribution in [0.25, 0.3) is 0 Å². The Morgan fingerprint density at radius 2 is 1.64 bits per heavy atom. The van der Waals surface area contributed by atoms with E-state index >= 15 is 0 Å². The highest BCUT2D eigenvalue weighted by Gasteiger charge is 2.47. The van der Waals surface area contributed by atoms with Crippen molar-refractivity contribution in [3.63, 3.8) is 0 Å². The fourth-order valence-electron chi connectivity index (χ4n) is 3.05. The van der Waals surface area contributed by atoms with E-state index in [4.69, 9.17) is 0 Å². The molecule has 1 saturated heterocycles. The quantitative estimate of drug-likeness (QED) is 0.621. The van der Waals surface area contributed by atoms with E-state index in [0.29, 0.717) is 18.4 Å². The lowest BCUT2D eigenvalue weighted by Crippen LogP contribution is -2.30. The number of carbonyl (C=O) groups excluding carboxylic acids is 2. The van der Waals surface area contributed by atoms with Crippen LogP contribution in [0.2, 0.25) is 0 Å². The van der Waals surface area contributed by atoms with E-state index < -0.39 is 11.7 Å². The Labute approximate surface area is 125 Å². The van der Waals surface area contributed by atoms with Crippen LogP contribution in [0.4, 0.5) is 13.2 Å². The zero-order valence-corrected chi connectivity index (χ0v) is 11.6. The van der Waals surface area contributed by atoms with Gasteiger partial charge in [0, 0.05) is 0 Å². The van der Waals surface area contributed by atoms with Crippen LogP contribution in [0, 0.1) is 11.8 Å². The first kappa shape index (κ1) is 14.8. The zero-order chi connectivity index (χ0) is 15.9. The number of likely N-dealkylation sites (tertiary alicyclic amines) is 1. The summed E-state index contributed by atoms with van der Waals surface area (Å²) >= 11 is 0. The summed E-state index contributed by atoms with van der Waals surface area (Å²) in [5.74, 6) is -1.28. The molecule has 0 bridgehead atoms. The summed E-state index contributed by atoms with van der Waals surface area (Å²) in [5.41, 5.74) is -0.466. The lowest BCUT2D eigenvalue weighted by Gasteiger charge is -2.16. The minimum Gasteiger partial charge on any atom is -0.278 e. The SMILES string of the molecule is O=C1C2CC=CCC2C(=O)N1Cc1cccc(C(F)(F)F)c1. The van der Waals surface area contributed by atoms with Crippen molar-refractivity contribution >= 4 is 11.8 Å². The van der Waals surface area contributed by atoms with Gasteiger partial charge < -0.3 is 0 Å².